The first-order valence-corrected chi connectivity index (χ1v) is 6.47. The van der Waals surface area contributed by atoms with Crippen LogP contribution in [-0.2, 0) is 16.1 Å². The predicted molar refractivity (Wildman–Crippen MR) is 74.2 cm³/mol. The summed E-state index contributed by atoms with van der Waals surface area (Å²) >= 11 is 0. The Labute approximate surface area is 121 Å². The molecule has 1 atom stereocenters. The van der Waals surface area contributed by atoms with Crippen LogP contribution in [-0.4, -0.2) is 46.0 Å². The second-order valence-corrected chi connectivity index (χ2v) is 4.72. The maximum atomic E-state index is 12.1. The van der Waals surface area contributed by atoms with E-state index in [4.69, 9.17) is 9.84 Å². The molecule has 0 aliphatic heterocycles. The number of carboxylic acid groups (broad SMARTS) is 1. The average molecular weight is 297 g/mol. The lowest BCUT2D eigenvalue weighted by molar-refractivity contribution is -0.143. The average Bonchev–Trinajstić information content (AvgIpc) is 2.45. The number of nitrogens with zero attached hydrogens (tertiary/aromatic N) is 2. The van der Waals surface area contributed by atoms with Crippen LogP contribution in [0.5, 0.6) is 0 Å². The summed E-state index contributed by atoms with van der Waals surface area (Å²) in [4.78, 5) is 34.8. The van der Waals surface area contributed by atoms with Gasteiger partial charge >= 0.3 is 5.97 Å². The Hall–Kier alpha value is -2.22. The van der Waals surface area contributed by atoms with Gasteiger partial charge in [0.25, 0.3) is 11.5 Å². The van der Waals surface area contributed by atoms with Gasteiger partial charge in [0, 0.05) is 13.2 Å². The van der Waals surface area contributed by atoms with Crippen molar-refractivity contribution in [3.8, 4) is 0 Å². The van der Waals surface area contributed by atoms with Crippen LogP contribution in [0, 0.1) is 0 Å². The van der Waals surface area contributed by atoms with E-state index >= 15 is 0 Å². The van der Waals surface area contributed by atoms with Gasteiger partial charge in [-0.15, -0.1) is 0 Å². The zero-order valence-corrected chi connectivity index (χ0v) is 12.3. The number of ether oxygens (including phenoxy) is 1. The molecule has 1 rings (SSSR count). The summed E-state index contributed by atoms with van der Waals surface area (Å²) in [5.41, 5.74) is -1.77. The smallest absolute Gasteiger partial charge is 0.329 e. The number of methoxy groups -OCH3 is 1. The van der Waals surface area contributed by atoms with Crippen molar-refractivity contribution in [2.75, 3.05) is 13.7 Å². The van der Waals surface area contributed by atoms with Crippen LogP contribution in [0.2, 0.25) is 0 Å². The number of rotatable bonds is 7. The molecule has 0 bridgehead atoms. The van der Waals surface area contributed by atoms with E-state index in [2.05, 4.69) is 10.4 Å². The van der Waals surface area contributed by atoms with E-state index < -0.39 is 17.4 Å². The molecule has 8 heteroatoms. The van der Waals surface area contributed by atoms with Crippen LogP contribution in [0.3, 0.4) is 0 Å². The zero-order valence-electron chi connectivity index (χ0n) is 12.3. The van der Waals surface area contributed by atoms with Crippen molar-refractivity contribution in [1.82, 2.24) is 15.1 Å². The number of carboxylic acids is 1. The van der Waals surface area contributed by atoms with E-state index in [-0.39, 0.29) is 30.8 Å². The molecular weight excluding hydrogens is 278 g/mol. The van der Waals surface area contributed by atoms with Crippen LogP contribution in [0.25, 0.3) is 0 Å². The summed E-state index contributed by atoms with van der Waals surface area (Å²) in [7, 11) is 1.49. The molecule has 0 aromatic carbocycles. The minimum absolute atomic E-state index is 0.0216. The first kappa shape index (κ1) is 16.8. The van der Waals surface area contributed by atoms with Crippen LogP contribution < -0.4 is 10.9 Å². The number of aromatic nitrogens is 2. The van der Waals surface area contributed by atoms with E-state index in [0.29, 0.717) is 0 Å². The lowest BCUT2D eigenvalue weighted by Gasteiger charge is -2.24. The molecule has 0 fully saturated rings. The Kier molecular flexibility index (Phi) is 5.60. The van der Waals surface area contributed by atoms with Gasteiger partial charge < -0.3 is 15.2 Å². The van der Waals surface area contributed by atoms with Crippen LogP contribution in [0.15, 0.2) is 16.9 Å². The fourth-order valence-electron chi connectivity index (χ4n) is 1.52. The van der Waals surface area contributed by atoms with Crippen molar-refractivity contribution >= 4 is 11.9 Å². The monoisotopic (exact) mass is 297 g/mol. The molecule has 0 spiro atoms. The van der Waals surface area contributed by atoms with E-state index in [9.17, 15) is 14.4 Å². The number of hydrogen-bond donors (Lipinski definition) is 2. The Balaban J connectivity index is 2.97. The molecular formula is C13H19N3O5. The van der Waals surface area contributed by atoms with Crippen molar-refractivity contribution < 1.29 is 19.4 Å². The molecule has 1 aromatic heterocycles. The Morgan fingerprint density at radius 3 is 2.67 bits per heavy atom. The highest BCUT2D eigenvalue weighted by molar-refractivity contribution is 5.96. The zero-order chi connectivity index (χ0) is 16.0. The Morgan fingerprint density at radius 2 is 2.14 bits per heavy atom. The summed E-state index contributed by atoms with van der Waals surface area (Å²) in [6.07, 6.45) is 0.220. The highest BCUT2D eigenvalue weighted by Crippen LogP contribution is 2.10. The molecule has 1 unspecified atom stereocenters. The Morgan fingerprint density at radius 1 is 1.48 bits per heavy atom. The van der Waals surface area contributed by atoms with E-state index in [1.807, 2.05) is 0 Å². The SMILES string of the molecule is CCC(C)(NC(=O)c1ccc(=O)n(CCOC)n1)C(=O)O. The van der Waals surface area contributed by atoms with Crippen molar-refractivity contribution in [2.45, 2.75) is 32.4 Å². The van der Waals surface area contributed by atoms with E-state index in [0.717, 1.165) is 4.68 Å². The third kappa shape index (κ3) is 4.12. The second-order valence-electron chi connectivity index (χ2n) is 4.72. The molecule has 0 saturated carbocycles. The summed E-state index contributed by atoms with van der Waals surface area (Å²) in [6, 6.07) is 2.47. The third-order valence-electron chi connectivity index (χ3n) is 3.18. The van der Waals surface area contributed by atoms with Crippen molar-refractivity contribution in [3.63, 3.8) is 0 Å². The predicted octanol–water partition coefficient (Wildman–Crippen LogP) is -0.127. The number of amides is 1. The van der Waals surface area contributed by atoms with E-state index in [1.54, 1.807) is 6.92 Å². The van der Waals surface area contributed by atoms with Gasteiger partial charge in [0.1, 0.15) is 11.2 Å². The van der Waals surface area contributed by atoms with Gasteiger partial charge in [0.15, 0.2) is 0 Å². The van der Waals surface area contributed by atoms with Crippen molar-refractivity contribution in [2.24, 2.45) is 0 Å². The van der Waals surface area contributed by atoms with Gasteiger partial charge in [-0.3, -0.25) is 9.59 Å². The largest absolute Gasteiger partial charge is 0.480 e. The number of nitrogens with one attached hydrogen (secondary N) is 1. The molecule has 0 aliphatic carbocycles. The lowest BCUT2D eigenvalue weighted by Crippen LogP contribution is -2.52. The van der Waals surface area contributed by atoms with Gasteiger partial charge in [-0.05, 0) is 19.4 Å². The van der Waals surface area contributed by atoms with Gasteiger partial charge in [0.05, 0.1) is 13.2 Å². The van der Waals surface area contributed by atoms with Gasteiger partial charge in [-0.25, -0.2) is 9.48 Å². The minimum atomic E-state index is -1.38. The summed E-state index contributed by atoms with van der Waals surface area (Å²) in [6.45, 7) is 3.55. The van der Waals surface area contributed by atoms with Gasteiger partial charge in [0.2, 0.25) is 0 Å². The topological polar surface area (TPSA) is 111 Å². The Bertz CT molecular complexity index is 583. The standard InChI is InChI=1S/C13H19N3O5/c1-4-13(2,12(19)20)14-11(18)9-5-6-10(17)16(15-9)7-8-21-3/h5-6H,4,7-8H2,1-3H3,(H,14,18)(H,19,20). The van der Waals surface area contributed by atoms with Gasteiger partial charge in [-0.1, -0.05) is 6.92 Å². The summed E-state index contributed by atoms with van der Waals surface area (Å²) < 4.78 is 5.95. The highest BCUT2D eigenvalue weighted by Gasteiger charge is 2.33. The molecule has 0 radical (unpaired) electrons. The maximum absolute atomic E-state index is 12.1. The molecule has 21 heavy (non-hydrogen) atoms. The van der Waals surface area contributed by atoms with Gasteiger partial charge in [-0.2, -0.15) is 5.10 Å². The number of hydrogen-bond acceptors (Lipinski definition) is 5. The fourth-order valence-corrected chi connectivity index (χ4v) is 1.52. The normalized spacial score (nSPS) is 13.5. The number of carbonyl (C=O) groups is 2. The molecule has 116 valence electrons. The van der Waals surface area contributed by atoms with Crippen molar-refractivity contribution in [1.29, 1.82) is 0 Å². The lowest BCUT2D eigenvalue weighted by atomic mass is 9.99. The number of carbonyl (C=O) groups excluding carboxylic acids is 1. The fraction of sp³-hybridized carbons (Fsp3) is 0.538. The van der Waals surface area contributed by atoms with Crippen LogP contribution in [0.4, 0.5) is 0 Å². The third-order valence-corrected chi connectivity index (χ3v) is 3.18. The molecule has 1 amide bonds. The van der Waals surface area contributed by atoms with Crippen LogP contribution >= 0.6 is 0 Å². The molecule has 1 heterocycles. The molecule has 1 aromatic rings. The quantitative estimate of drug-likeness (QED) is 0.725. The molecule has 8 nitrogen and oxygen atoms in total. The summed E-state index contributed by atoms with van der Waals surface area (Å²) in [5, 5.41) is 15.5. The van der Waals surface area contributed by atoms with E-state index in [1.165, 1.54) is 26.2 Å². The highest BCUT2D eigenvalue weighted by atomic mass is 16.5. The molecule has 0 aliphatic rings. The second kappa shape index (κ2) is 6.98. The first-order valence-electron chi connectivity index (χ1n) is 6.47. The first-order chi connectivity index (χ1) is 9.84. The number of aliphatic carboxylic acids is 1. The molecule has 2 N–H and O–H groups in total. The molecule has 0 saturated heterocycles. The van der Waals surface area contributed by atoms with Crippen LogP contribution in [0.1, 0.15) is 30.8 Å². The van der Waals surface area contributed by atoms with Crippen molar-refractivity contribution in [3.05, 3.63) is 28.2 Å². The minimum Gasteiger partial charge on any atom is -0.480 e. The summed E-state index contributed by atoms with van der Waals surface area (Å²) in [5.74, 6) is -1.78. The maximum Gasteiger partial charge on any atom is 0.329 e.